The third kappa shape index (κ3) is 9.27. The standard InChI is InChI=1S/C22H33N5O6/c23-20(33)22(12-7-13-26-21(24)25,27(14-18(29)30)15-19(31)32)17(28)11-6-2-5-10-16-8-3-1-4-9-16/h1,3-4,8-9H,2,5-7,10-15H2,(H2,23,33)(H,29,30)(H,31,32)(H4,24,25,26)/t22-/m1/s1. The van der Waals surface area contributed by atoms with Gasteiger partial charge in [0.05, 0.1) is 13.1 Å². The number of benzene rings is 1. The van der Waals surface area contributed by atoms with Gasteiger partial charge in [-0.15, -0.1) is 0 Å². The maximum absolute atomic E-state index is 13.3. The van der Waals surface area contributed by atoms with E-state index >= 15 is 0 Å². The zero-order valence-corrected chi connectivity index (χ0v) is 18.6. The van der Waals surface area contributed by atoms with Crippen LogP contribution in [0.25, 0.3) is 0 Å². The first-order chi connectivity index (χ1) is 15.6. The van der Waals surface area contributed by atoms with E-state index in [-0.39, 0.29) is 31.8 Å². The molecule has 1 rings (SSSR count). The second kappa shape index (κ2) is 13.8. The van der Waals surface area contributed by atoms with Crippen LogP contribution in [0.15, 0.2) is 35.3 Å². The van der Waals surface area contributed by atoms with Crippen molar-refractivity contribution in [2.24, 2.45) is 22.2 Å². The highest BCUT2D eigenvalue weighted by molar-refractivity contribution is 6.10. The van der Waals surface area contributed by atoms with Crippen molar-refractivity contribution in [2.45, 2.75) is 50.5 Å². The number of nitrogens with two attached hydrogens (primary N) is 3. The van der Waals surface area contributed by atoms with Crippen LogP contribution in [0.2, 0.25) is 0 Å². The Labute approximate surface area is 192 Å². The summed E-state index contributed by atoms with van der Waals surface area (Å²) in [5, 5.41) is 18.5. The highest BCUT2D eigenvalue weighted by Crippen LogP contribution is 2.26. The number of hydrogen-bond donors (Lipinski definition) is 5. The number of nitrogens with zero attached hydrogens (tertiary/aromatic N) is 2. The highest BCUT2D eigenvalue weighted by Gasteiger charge is 2.49. The van der Waals surface area contributed by atoms with Crippen LogP contribution in [0.5, 0.6) is 0 Å². The first-order valence-electron chi connectivity index (χ1n) is 10.7. The number of carbonyl (C=O) groups is 4. The van der Waals surface area contributed by atoms with Gasteiger partial charge in [0, 0.05) is 13.0 Å². The van der Waals surface area contributed by atoms with E-state index in [1.165, 1.54) is 5.56 Å². The van der Waals surface area contributed by atoms with Gasteiger partial charge in [-0.1, -0.05) is 36.8 Å². The van der Waals surface area contributed by atoms with Crippen molar-refractivity contribution in [1.82, 2.24) is 4.90 Å². The molecule has 0 aliphatic rings. The van der Waals surface area contributed by atoms with Gasteiger partial charge < -0.3 is 27.4 Å². The van der Waals surface area contributed by atoms with E-state index in [2.05, 4.69) is 4.99 Å². The lowest BCUT2D eigenvalue weighted by atomic mass is 9.83. The molecule has 1 atom stereocenters. The minimum atomic E-state index is -2.09. The number of carboxylic acids is 2. The molecule has 0 heterocycles. The van der Waals surface area contributed by atoms with Crippen LogP contribution >= 0.6 is 0 Å². The SMILES string of the molecule is NC(=O)[C@@](CCCN=C(N)N)(C(=O)CCCCCc1ccccc1)N(CC(=O)O)CC(=O)O. The van der Waals surface area contributed by atoms with Crippen molar-refractivity contribution in [1.29, 1.82) is 0 Å². The van der Waals surface area contributed by atoms with Crippen LogP contribution in [0, 0.1) is 0 Å². The van der Waals surface area contributed by atoms with Crippen LogP contribution < -0.4 is 17.2 Å². The van der Waals surface area contributed by atoms with Crippen molar-refractivity contribution in [2.75, 3.05) is 19.6 Å². The molecule has 11 heteroatoms. The molecule has 33 heavy (non-hydrogen) atoms. The summed E-state index contributed by atoms with van der Waals surface area (Å²) >= 11 is 0. The van der Waals surface area contributed by atoms with E-state index in [1.807, 2.05) is 30.3 Å². The van der Waals surface area contributed by atoms with E-state index in [4.69, 9.17) is 17.2 Å². The smallest absolute Gasteiger partial charge is 0.317 e. The number of primary amides is 1. The summed E-state index contributed by atoms with van der Waals surface area (Å²) in [6.45, 7) is -1.61. The van der Waals surface area contributed by atoms with Crippen LogP contribution in [0.3, 0.4) is 0 Å². The maximum atomic E-state index is 13.3. The van der Waals surface area contributed by atoms with Crippen molar-refractivity contribution in [3.8, 4) is 0 Å². The summed E-state index contributed by atoms with van der Waals surface area (Å²) in [5.41, 5.74) is 15.3. The predicted octanol–water partition coefficient (Wildman–Crippen LogP) is 0.108. The summed E-state index contributed by atoms with van der Waals surface area (Å²) in [7, 11) is 0. The Hall–Kier alpha value is -3.47. The molecular formula is C22H33N5O6. The molecule has 1 aromatic carbocycles. The third-order valence-electron chi connectivity index (χ3n) is 5.26. The predicted molar refractivity (Wildman–Crippen MR) is 122 cm³/mol. The van der Waals surface area contributed by atoms with Gasteiger partial charge in [0.1, 0.15) is 0 Å². The van der Waals surface area contributed by atoms with Gasteiger partial charge in [0.25, 0.3) is 0 Å². The van der Waals surface area contributed by atoms with Crippen molar-refractivity contribution >= 4 is 29.6 Å². The number of Topliss-reactive ketones (excluding diaryl/α,β-unsaturated/α-hetero) is 1. The van der Waals surface area contributed by atoms with E-state index < -0.39 is 42.3 Å². The summed E-state index contributed by atoms with van der Waals surface area (Å²) in [4.78, 5) is 53.2. The number of unbranched alkanes of at least 4 members (excludes halogenated alkanes) is 2. The highest BCUT2D eigenvalue weighted by atomic mass is 16.4. The molecule has 11 nitrogen and oxygen atoms in total. The third-order valence-corrected chi connectivity index (χ3v) is 5.26. The van der Waals surface area contributed by atoms with Gasteiger partial charge in [-0.25, -0.2) is 0 Å². The Morgan fingerprint density at radius 2 is 1.48 bits per heavy atom. The Morgan fingerprint density at radius 1 is 0.879 bits per heavy atom. The fraction of sp³-hybridized carbons (Fsp3) is 0.500. The first-order valence-corrected chi connectivity index (χ1v) is 10.7. The van der Waals surface area contributed by atoms with Crippen LogP contribution in [0.4, 0.5) is 0 Å². The Balaban J connectivity index is 2.99. The second-order valence-electron chi connectivity index (χ2n) is 7.75. The fourth-order valence-corrected chi connectivity index (χ4v) is 3.73. The molecule has 0 fully saturated rings. The zero-order chi connectivity index (χ0) is 24.9. The molecule has 182 valence electrons. The molecule has 0 saturated carbocycles. The minimum Gasteiger partial charge on any atom is -0.480 e. The average molecular weight is 464 g/mol. The van der Waals surface area contributed by atoms with Crippen LogP contribution in [-0.2, 0) is 25.6 Å². The van der Waals surface area contributed by atoms with E-state index in [0.29, 0.717) is 12.8 Å². The topological polar surface area (TPSA) is 202 Å². The lowest BCUT2D eigenvalue weighted by Gasteiger charge is -2.38. The lowest BCUT2D eigenvalue weighted by Crippen LogP contribution is -2.64. The number of rotatable bonds is 17. The lowest BCUT2D eigenvalue weighted by molar-refractivity contribution is -0.152. The summed E-state index contributed by atoms with van der Waals surface area (Å²) in [5.74, 6) is -4.66. The van der Waals surface area contributed by atoms with Gasteiger partial charge >= 0.3 is 11.9 Å². The van der Waals surface area contributed by atoms with E-state index in [0.717, 1.165) is 17.7 Å². The van der Waals surface area contributed by atoms with Crippen LogP contribution in [0.1, 0.15) is 44.1 Å². The van der Waals surface area contributed by atoms with Crippen molar-refractivity contribution < 1.29 is 29.4 Å². The molecule has 0 aliphatic heterocycles. The molecule has 0 unspecified atom stereocenters. The molecule has 0 aromatic heterocycles. The molecule has 0 spiro atoms. The zero-order valence-electron chi connectivity index (χ0n) is 18.6. The molecule has 8 N–H and O–H groups in total. The summed E-state index contributed by atoms with van der Waals surface area (Å²) in [6, 6.07) is 9.84. The number of aliphatic carboxylic acids is 2. The van der Waals surface area contributed by atoms with Gasteiger partial charge in [-0.3, -0.25) is 29.1 Å². The number of guanidine groups is 1. The second-order valence-corrected chi connectivity index (χ2v) is 7.75. The van der Waals surface area contributed by atoms with Crippen molar-refractivity contribution in [3.63, 3.8) is 0 Å². The van der Waals surface area contributed by atoms with Crippen LogP contribution in [-0.4, -0.2) is 69.9 Å². The number of aryl methyl sites for hydroxylation is 1. The van der Waals surface area contributed by atoms with Gasteiger partial charge in [0.2, 0.25) is 5.91 Å². The number of carboxylic acid groups (broad SMARTS) is 2. The number of hydrogen-bond acceptors (Lipinski definition) is 6. The average Bonchev–Trinajstić information content (AvgIpc) is 2.72. The normalized spacial score (nSPS) is 12.6. The van der Waals surface area contributed by atoms with Gasteiger partial charge in [-0.05, 0) is 37.7 Å². The van der Waals surface area contributed by atoms with Crippen molar-refractivity contribution in [3.05, 3.63) is 35.9 Å². The first kappa shape index (κ1) is 27.6. The van der Waals surface area contributed by atoms with E-state index in [1.54, 1.807) is 0 Å². The van der Waals surface area contributed by atoms with Gasteiger partial charge in [-0.2, -0.15) is 0 Å². The molecule has 0 radical (unpaired) electrons. The summed E-state index contributed by atoms with van der Waals surface area (Å²) in [6.07, 6.45) is 2.66. The number of amides is 1. The molecule has 0 aliphatic carbocycles. The Bertz CT molecular complexity index is 825. The number of carbonyl (C=O) groups excluding carboxylic acids is 2. The number of ketones is 1. The Kier molecular flexibility index (Phi) is 11.6. The minimum absolute atomic E-state index is 0.0459. The quantitative estimate of drug-likeness (QED) is 0.0919. The fourth-order valence-electron chi connectivity index (χ4n) is 3.73. The van der Waals surface area contributed by atoms with Gasteiger partial charge in [0.15, 0.2) is 17.3 Å². The molecule has 0 saturated heterocycles. The molecular weight excluding hydrogens is 430 g/mol. The Morgan fingerprint density at radius 3 is 2.00 bits per heavy atom. The summed E-state index contributed by atoms with van der Waals surface area (Å²) < 4.78 is 0. The monoisotopic (exact) mass is 463 g/mol. The largest absolute Gasteiger partial charge is 0.480 e. The van der Waals surface area contributed by atoms with E-state index in [9.17, 15) is 29.4 Å². The molecule has 1 amide bonds. The molecule has 0 bridgehead atoms. The number of aliphatic imine (C=N–C) groups is 1. The molecule has 1 aromatic rings. The maximum Gasteiger partial charge on any atom is 0.317 e.